The van der Waals surface area contributed by atoms with Crippen LogP contribution in [-0.2, 0) is 27.8 Å². The van der Waals surface area contributed by atoms with Crippen LogP contribution in [-0.4, -0.2) is 37.9 Å². The minimum Gasteiger partial charge on any atom is -0.478 e. The molecule has 242 valence electrons. The first-order chi connectivity index (χ1) is 22.1. The number of carbonyl (C=O) groups is 3. The van der Waals surface area contributed by atoms with Gasteiger partial charge in [0.25, 0.3) is 15.9 Å². The van der Waals surface area contributed by atoms with Crippen molar-refractivity contribution in [2.24, 2.45) is 0 Å². The van der Waals surface area contributed by atoms with E-state index in [-0.39, 0.29) is 46.3 Å². The summed E-state index contributed by atoms with van der Waals surface area (Å²) in [6.07, 6.45) is 9.73. The number of hydrogen-bond donors (Lipinski definition) is 3. The van der Waals surface area contributed by atoms with Gasteiger partial charge in [-0.15, -0.1) is 0 Å². The van der Waals surface area contributed by atoms with Gasteiger partial charge >= 0.3 is 5.97 Å². The number of para-hydroxylation sites is 1. The van der Waals surface area contributed by atoms with E-state index in [0.717, 1.165) is 37.3 Å². The fourth-order valence-corrected chi connectivity index (χ4v) is 7.31. The second-order valence-corrected chi connectivity index (χ2v) is 13.2. The first-order valence-corrected chi connectivity index (χ1v) is 17.2. The number of amides is 2. The molecule has 0 atom stereocenters. The van der Waals surface area contributed by atoms with Crippen LogP contribution in [0.15, 0.2) is 65.6 Å². The van der Waals surface area contributed by atoms with Crippen LogP contribution in [0.5, 0.6) is 0 Å². The fourth-order valence-electron chi connectivity index (χ4n) is 5.55. The van der Waals surface area contributed by atoms with Gasteiger partial charge in [-0.05, 0) is 60.4 Å². The Balaban J connectivity index is 1.54. The van der Waals surface area contributed by atoms with Crippen LogP contribution >= 0.6 is 0 Å². The van der Waals surface area contributed by atoms with Crippen molar-refractivity contribution in [2.45, 2.75) is 82.6 Å². The number of nitrogens with zero attached hydrogens (tertiary/aromatic N) is 2. The van der Waals surface area contributed by atoms with Crippen LogP contribution in [0.1, 0.15) is 102 Å². The highest BCUT2D eigenvalue weighted by molar-refractivity contribution is 7.93. The Morgan fingerprint density at radius 3 is 2.37 bits per heavy atom. The number of nitrogens with one attached hydrogen (secondary N) is 2. The van der Waals surface area contributed by atoms with E-state index >= 15 is 0 Å². The second kappa shape index (κ2) is 16.0. The molecule has 0 bridgehead atoms. The Morgan fingerprint density at radius 1 is 0.935 bits per heavy atom. The second-order valence-electron chi connectivity index (χ2n) is 11.4. The number of unbranched alkanes of at least 4 members (excludes halogenated alkanes) is 7. The summed E-state index contributed by atoms with van der Waals surface area (Å²) in [6.45, 7) is 2.38. The van der Waals surface area contributed by atoms with Gasteiger partial charge in [-0.25, -0.2) is 13.2 Å². The van der Waals surface area contributed by atoms with Crippen LogP contribution in [0.2, 0.25) is 0 Å². The number of nitriles is 1. The van der Waals surface area contributed by atoms with Gasteiger partial charge in [0.05, 0.1) is 33.5 Å². The maximum atomic E-state index is 14.1. The number of rotatable bonds is 16. The molecule has 1 aliphatic rings. The predicted molar refractivity (Wildman–Crippen MR) is 176 cm³/mol. The Kier molecular flexibility index (Phi) is 11.9. The van der Waals surface area contributed by atoms with E-state index in [1.807, 2.05) is 18.2 Å². The summed E-state index contributed by atoms with van der Waals surface area (Å²) in [4.78, 5) is 37.7. The zero-order valence-corrected chi connectivity index (χ0v) is 26.9. The van der Waals surface area contributed by atoms with Crippen LogP contribution in [0.4, 0.5) is 11.4 Å². The van der Waals surface area contributed by atoms with E-state index < -0.39 is 21.9 Å². The SMILES string of the molecule is CCCCCCCCCCC(=O)NCc1ccc(C(=O)Nc2ccc(C#N)cc2C(=O)O)cc1S(=O)(=O)N1CCc2ccccc21. The van der Waals surface area contributed by atoms with Crippen molar-refractivity contribution in [1.82, 2.24) is 5.32 Å². The minimum atomic E-state index is -4.15. The normalized spacial score (nSPS) is 12.3. The summed E-state index contributed by atoms with van der Waals surface area (Å²) in [5, 5.41) is 24.1. The zero-order valence-electron chi connectivity index (χ0n) is 26.0. The highest BCUT2D eigenvalue weighted by atomic mass is 32.2. The smallest absolute Gasteiger partial charge is 0.337 e. The molecule has 0 spiro atoms. The molecule has 3 aromatic carbocycles. The third kappa shape index (κ3) is 8.52. The van der Waals surface area contributed by atoms with Crippen LogP contribution in [0, 0.1) is 11.3 Å². The molecule has 4 rings (SSSR count). The van der Waals surface area contributed by atoms with Crippen LogP contribution < -0.4 is 14.9 Å². The Hall–Kier alpha value is -4.69. The van der Waals surface area contributed by atoms with Crippen molar-refractivity contribution in [2.75, 3.05) is 16.2 Å². The van der Waals surface area contributed by atoms with Crippen molar-refractivity contribution in [1.29, 1.82) is 5.26 Å². The Bertz CT molecular complexity index is 1730. The lowest BCUT2D eigenvalue weighted by Gasteiger charge is -2.22. The van der Waals surface area contributed by atoms with E-state index in [1.54, 1.807) is 12.1 Å². The van der Waals surface area contributed by atoms with E-state index in [0.29, 0.717) is 24.1 Å². The topological polar surface area (TPSA) is 157 Å². The lowest BCUT2D eigenvalue weighted by Crippen LogP contribution is -2.31. The molecule has 0 radical (unpaired) electrons. The summed E-state index contributed by atoms with van der Waals surface area (Å²) in [5.74, 6) is -2.23. The summed E-state index contributed by atoms with van der Waals surface area (Å²) >= 11 is 0. The number of carboxylic acids is 1. The molecule has 1 aliphatic heterocycles. The van der Waals surface area contributed by atoms with E-state index in [2.05, 4.69) is 17.6 Å². The maximum absolute atomic E-state index is 14.1. The van der Waals surface area contributed by atoms with Crippen molar-refractivity contribution in [3.8, 4) is 6.07 Å². The molecule has 11 heteroatoms. The molecule has 2 amide bonds. The molecule has 0 saturated heterocycles. The number of carbonyl (C=O) groups excluding carboxylic acids is 2. The summed E-state index contributed by atoms with van der Waals surface area (Å²) in [5.41, 5.74) is 1.57. The molecule has 0 unspecified atom stereocenters. The zero-order chi connectivity index (χ0) is 33.1. The molecule has 1 heterocycles. The minimum absolute atomic E-state index is 0.0132. The number of hydrogen-bond acceptors (Lipinski definition) is 6. The van der Waals surface area contributed by atoms with Crippen molar-refractivity contribution >= 4 is 39.2 Å². The van der Waals surface area contributed by atoms with Gasteiger partial charge in [-0.1, -0.05) is 76.1 Å². The number of sulfonamides is 1. The third-order valence-corrected chi connectivity index (χ3v) is 10.00. The van der Waals surface area contributed by atoms with Gasteiger partial charge < -0.3 is 15.7 Å². The Labute approximate surface area is 270 Å². The number of aromatic carboxylic acids is 1. The molecule has 10 nitrogen and oxygen atoms in total. The first-order valence-electron chi connectivity index (χ1n) is 15.7. The van der Waals surface area contributed by atoms with Gasteiger partial charge in [-0.3, -0.25) is 13.9 Å². The van der Waals surface area contributed by atoms with Gasteiger partial charge in [0, 0.05) is 25.1 Å². The molecular weight excluding hydrogens is 604 g/mol. The molecule has 0 fully saturated rings. The molecule has 0 saturated carbocycles. The molecular formula is C35H40N4O6S. The fraction of sp³-hybridized carbons (Fsp3) is 0.371. The molecule has 3 N–H and O–H groups in total. The number of anilines is 2. The van der Waals surface area contributed by atoms with Crippen LogP contribution in [0.25, 0.3) is 0 Å². The summed E-state index contributed by atoms with van der Waals surface area (Å²) in [7, 11) is -4.15. The van der Waals surface area contributed by atoms with E-state index in [1.165, 1.54) is 60.3 Å². The summed E-state index contributed by atoms with van der Waals surface area (Å²) < 4.78 is 29.6. The van der Waals surface area contributed by atoms with E-state index in [9.17, 15) is 27.9 Å². The van der Waals surface area contributed by atoms with Gasteiger partial charge in [-0.2, -0.15) is 5.26 Å². The van der Waals surface area contributed by atoms with Gasteiger partial charge in [0.2, 0.25) is 5.91 Å². The average molecular weight is 645 g/mol. The number of benzene rings is 3. The van der Waals surface area contributed by atoms with Gasteiger partial charge in [0.1, 0.15) is 0 Å². The lowest BCUT2D eigenvalue weighted by atomic mass is 10.1. The molecule has 3 aromatic rings. The van der Waals surface area contributed by atoms with E-state index in [4.69, 9.17) is 5.26 Å². The number of carboxylic acid groups (broad SMARTS) is 1. The van der Waals surface area contributed by atoms with Crippen molar-refractivity contribution in [3.63, 3.8) is 0 Å². The quantitative estimate of drug-likeness (QED) is 0.152. The first kappa shape index (κ1) is 34.2. The molecule has 0 aromatic heterocycles. The molecule has 0 aliphatic carbocycles. The highest BCUT2D eigenvalue weighted by Crippen LogP contribution is 2.34. The maximum Gasteiger partial charge on any atom is 0.337 e. The average Bonchev–Trinajstić information content (AvgIpc) is 3.50. The predicted octanol–water partition coefficient (Wildman–Crippen LogP) is 6.41. The summed E-state index contributed by atoms with van der Waals surface area (Å²) in [6, 6.07) is 17.1. The lowest BCUT2D eigenvalue weighted by molar-refractivity contribution is -0.121. The highest BCUT2D eigenvalue weighted by Gasteiger charge is 2.33. The monoisotopic (exact) mass is 644 g/mol. The number of fused-ring (bicyclic) bond motifs is 1. The van der Waals surface area contributed by atoms with Crippen molar-refractivity contribution < 1.29 is 27.9 Å². The van der Waals surface area contributed by atoms with Gasteiger partial charge in [0.15, 0.2) is 0 Å². The molecule has 46 heavy (non-hydrogen) atoms. The largest absolute Gasteiger partial charge is 0.478 e. The van der Waals surface area contributed by atoms with Crippen molar-refractivity contribution in [3.05, 3.63) is 88.5 Å². The standard InChI is InChI=1S/C35H40N4O6S/c1-2-3-4-5-6-7-8-9-14-33(40)37-24-28-17-16-27(34(41)38-30-18-15-25(23-36)21-29(30)35(42)43)22-32(28)46(44,45)39-20-19-26-12-10-11-13-31(26)39/h10-13,15-18,21-22H,2-9,14,19-20,24H2,1H3,(H,37,40)(H,38,41)(H,42,43). The third-order valence-electron chi connectivity index (χ3n) is 8.10. The van der Waals surface area contributed by atoms with Crippen LogP contribution in [0.3, 0.4) is 0 Å². The Morgan fingerprint density at radius 2 is 1.65 bits per heavy atom.